The van der Waals surface area contributed by atoms with Crippen LogP contribution < -0.4 is 10.2 Å². The molecule has 0 fully saturated rings. The van der Waals surface area contributed by atoms with Crippen molar-refractivity contribution >= 4 is 29.2 Å². The maximum absolute atomic E-state index is 12.8. The van der Waals surface area contributed by atoms with Gasteiger partial charge in [0.25, 0.3) is 0 Å². The Bertz CT molecular complexity index is 1070. The number of carbonyl (C=O) groups excluding carboxylic acids is 2. The van der Waals surface area contributed by atoms with Crippen LogP contribution in [0.1, 0.15) is 24.8 Å². The van der Waals surface area contributed by atoms with Crippen LogP contribution in [0.15, 0.2) is 48.7 Å². The van der Waals surface area contributed by atoms with Gasteiger partial charge < -0.3 is 9.88 Å². The summed E-state index contributed by atoms with van der Waals surface area (Å²) in [6.07, 6.45) is 3.10. The van der Waals surface area contributed by atoms with Crippen molar-refractivity contribution < 1.29 is 9.59 Å². The molecule has 1 aromatic carbocycles. The molecule has 2 amide bonds. The number of benzene rings is 1. The van der Waals surface area contributed by atoms with E-state index in [0.29, 0.717) is 18.1 Å². The van der Waals surface area contributed by atoms with Crippen LogP contribution in [0.4, 0.5) is 5.82 Å². The zero-order chi connectivity index (χ0) is 21.1. The molecule has 4 rings (SSSR count). The van der Waals surface area contributed by atoms with Gasteiger partial charge in [0.15, 0.2) is 0 Å². The minimum Gasteiger partial charge on any atom is -0.352 e. The first-order valence-electron chi connectivity index (χ1n) is 10.0. The van der Waals surface area contributed by atoms with Gasteiger partial charge in [-0.3, -0.25) is 14.5 Å². The van der Waals surface area contributed by atoms with E-state index >= 15 is 0 Å². The molecule has 0 unspecified atom stereocenters. The van der Waals surface area contributed by atoms with E-state index in [1.54, 1.807) is 11.0 Å². The number of hydrogen-bond donors (Lipinski definition) is 1. The summed E-state index contributed by atoms with van der Waals surface area (Å²) in [6, 6.07) is 13.3. The molecule has 3 heterocycles. The van der Waals surface area contributed by atoms with E-state index in [9.17, 15) is 9.59 Å². The molecule has 1 aliphatic heterocycles. The first-order chi connectivity index (χ1) is 14.5. The minimum absolute atomic E-state index is 0.0674. The molecule has 0 aliphatic carbocycles. The van der Waals surface area contributed by atoms with Crippen molar-refractivity contribution in [1.29, 1.82) is 0 Å². The molecule has 3 aromatic rings. The quantitative estimate of drug-likeness (QED) is 0.658. The lowest BCUT2D eigenvalue weighted by atomic mass is 10.2. The fraction of sp³-hybridized carbons (Fsp3) is 0.318. The van der Waals surface area contributed by atoms with Crippen LogP contribution in [0.2, 0.25) is 5.02 Å². The lowest BCUT2D eigenvalue weighted by Gasteiger charge is -2.27. The SMILES string of the molecule is Cn1cccc1-c1cc2n(n1)CCCN2C(=O)CCC(=O)NCc1ccccc1Cl. The van der Waals surface area contributed by atoms with Crippen LogP contribution in [-0.2, 0) is 29.7 Å². The third-order valence-electron chi connectivity index (χ3n) is 5.29. The molecule has 7 nitrogen and oxygen atoms in total. The first-order valence-corrected chi connectivity index (χ1v) is 10.4. The van der Waals surface area contributed by atoms with Crippen LogP contribution in [0.3, 0.4) is 0 Å². The summed E-state index contributed by atoms with van der Waals surface area (Å²) in [6.45, 7) is 1.77. The van der Waals surface area contributed by atoms with Crippen molar-refractivity contribution in [2.24, 2.45) is 7.05 Å². The summed E-state index contributed by atoms with van der Waals surface area (Å²) in [7, 11) is 1.97. The summed E-state index contributed by atoms with van der Waals surface area (Å²) < 4.78 is 3.88. The Kier molecular flexibility index (Phi) is 5.90. The van der Waals surface area contributed by atoms with Crippen LogP contribution in [0, 0.1) is 0 Å². The van der Waals surface area contributed by atoms with E-state index in [0.717, 1.165) is 35.7 Å². The largest absolute Gasteiger partial charge is 0.352 e. The molecule has 1 aliphatic rings. The number of aromatic nitrogens is 3. The highest BCUT2D eigenvalue weighted by Crippen LogP contribution is 2.28. The maximum atomic E-state index is 12.8. The van der Waals surface area contributed by atoms with Crippen molar-refractivity contribution in [2.45, 2.75) is 32.4 Å². The van der Waals surface area contributed by atoms with Crippen molar-refractivity contribution in [3.63, 3.8) is 0 Å². The fourth-order valence-electron chi connectivity index (χ4n) is 3.67. The number of amides is 2. The molecule has 30 heavy (non-hydrogen) atoms. The maximum Gasteiger partial charge on any atom is 0.228 e. The molecule has 0 bridgehead atoms. The number of carbonyl (C=O) groups is 2. The Morgan fingerprint density at radius 1 is 1.13 bits per heavy atom. The predicted molar refractivity (Wildman–Crippen MR) is 116 cm³/mol. The molecule has 0 atom stereocenters. The minimum atomic E-state index is -0.168. The van der Waals surface area contributed by atoms with Gasteiger partial charge in [-0.25, -0.2) is 4.68 Å². The number of nitrogens with one attached hydrogen (secondary N) is 1. The molecule has 0 spiro atoms. The third-order valence-corrected chi connectivity index (χ3v) is 5.66. The van der Waals surface area contributed by atoms with E-state index in [-0.39, 0.29) is 24.7 Å². The van der Waals surface area contributed by atoms with E-state index in [1.165, 1.54) is 0 Å². The Hall–Kier alpha value is -3.06. The molecule has 0 saturated heterocycles. The number of hydrogen-bond acceptors (Lipinski definition) is 3. The monoisotopic (exact) mass is 425 g/mol. The van der Waals surface area contributed by atoms with Gasteiger partial charge in [-0.15, -0.1) is 0 Å². The van der Waals surface area contributed by atoms with Crippen molar-refractivity contribution in [3.05, 3.63) is 59.2 Å². The average Bonchev–Trinajstić information content (AvgIpc) is 3.36. The summed E-state index contributed by atoms with van der Waals surface area (Å²) in [4.78, 5) is 26.8. The highest BCUT2D eigenvalue weighted by molar-refractivity contribution is 6.31. The molecule has 156 valence electrons. The number of nitrogens with zero attached hydrogens (tertiary/aromatic N) is 4. The van der Waals surface area contributed by atoms with Gasteiger partial charge in [-0.1, -0.05) is 29.8 Å². The number of halogens is 1. The van der Waals surface area contributed by atoms with Crippen molar-refractivity contribution in [3.8, 4) is 11.4 Å². The van der Waals surface area contributed by atoms with E-state index in [4.69, 9.17) is 11.6 Å². The molecule has 1 N–H and O–H groups in total. The second-order valence-corrected chi connectivity index (χ2v) is 7.79. The molecule has 0 radical (unpaired) electrons. The molecular weight excluding hydrogens is 402 g/mol. The van der Waals surface area contributed by atoms with Crippen LogP contribution >= 0.6 is 11.6 Å². The lowest BCUT2D eigenvalue weighted by Crippen LogP contribution is -2.38. The number of rotatable bonds is 6. The predicted octanol–water partition coefficient (Wildman–Crippen LogP) is 3.38. The van der Waals surface area contributed by atoms with E-state index in [2.05, 4.69) is 10.4 Å². The van der Waals surface area contributed by atoms with Gasteiger partial charge in [0.2, 0.25) is 11.8 Å². The molecule has 2 aromatic heterocycles. The third kappa shape index (κ3) is 4.26. The Morgan fingerprint density at radius 2 is 1.97 bits per heavy atom. The first kappa shape index (κ1) is 20.2. The van der Waals surface area contributed by atoms with Crippen LogP contribution in [-0.4, -0.2) is 32.7 Å². The summed E-state index contributed by atoms with van der Waals surface area (Å²) in [5, 5.41) is 8.11. The summed E-state index contributed by atoms with van der Waals surface area (Å²) >= 11 is 6.11. The van der Waals surface area contributed by atoms with Gasteiger partial charge >= 0.3 is 0 Å². The Morgan fingerprint density at radius 3 is 2.73 bits per heavy atom. The normalized spacial score (nSPS) is 13.2. The van der Waals surface area contributed by atoms with Gasteiger partial charge in [0.1, 0.15) is 11.5 Å². The topological polar surface area (TPSA) is 72.2 Å². The van der Waals surface area contributed by atoms with E-state index < -0.39 is 0 Å². The highest BCUT2D eigenvalue weighted by atomic mass is 35.5. The molecular formula is C22H24ClN5O2. The summed E-state index contributed by atoms with van der Waals surface area (Å²) in [5.74, 6) is 0.555. The molecule has 8 heteroatoms. The van der Waals surface area contributed by atoms with Gasteiger partial charge in [0, 0.05) is 56.8 Å². The Balaban J connectivity index is 1.37. The summed E-state index contributed by atoms with van der Waals surface area (Å²) in [5.41, 5.74) is 2.70. The number of anilines is 1. The van der Waals surface area contributed by atoms with Gasteiger partial charge in [-0.05, 0) is 30.2 Å². The van der Waals surface area contributed by atoms with Gasteiger partial charge in [0.05, 0.1) is 5.69 Å². The van der Waals surface area contributed by atoms with Crippen molar-refractivity contribution in [2.75, 3.05) is 11.4 Å². The van der Waals surface area contributed by atoms with E-state index in [1.807, 2.05) is 58.9 Å². The average molecular weight is 426 g/mol. The van der Waals surface area contributed by atoms with Crippen LogP contribution in [0.5, 0.6) is 0 Å². The highest BCUT2D eigenvalue weighted by Gasteiger charge is 2.25. The van der Waals surface area contributed by atoms with Crippen LogP contribution in [0.25, 0.3) is 11.4 Å². The smallest absolute Gasteiger partial charge is 0.228 e. The zero-order valence-corrected chi connectivity index (χ0v) is 17.6. The standard InChI is InChI=1S/C22H24ClN5O2/c1-26-11-4-8-19(26)18-14-21-27(12-5-13-28(21)25-18)22(30)10-9-20(29)24-15-16-6-2-3-7-17(16)23/h2-4,6-8,11,14H,5,9-10,12-13,15H2,1H3,(H,24,29). The molecule has 0 saturated carbocycles. The zero-order valence-electron chi connectivity index (χ0n) is 16.8. The lowest BCUT2D eigenvalue weighted by molar-refractivity contribution is -0.125. The Labute approximate surface area is 180 Å². The number of aryl methyl sites for hydroxylation is 2. The second-order valence-electron chi connectivity index (χ2n) is 7.38. The number of fused-ring (bicyclic) bond motifs is 1. The van der Waals surface area contributed by atoms with Gasteiger partial charge in [-0.2, -0.15) is 5.10 Å². The fourth-order valence-corrected chi connectivity index (χ4v) is 3.87. The second kappa shape index (κ2) is 8.75. The van der Waals surface area contributed by atoms with Crippen molar-refractivity contribution in [1.82, 2.24) is 19.7 Å².